The van der Waals surface area contributed by atoms with Crippen molar-refractivity contribution in [2.24, 2.45) is 0 Å². The molecule has 1 rings (SSSR count). The zero-order chi connectivity index (χ0) is 9.84. The molecule has 1 aliphatic rings. The molecule has 0 aromatic rings. The summed E-state index contributed by atoms with van der Waals surface area (Å²) in [6.45, 7) is 5.28. The van der Waals surface area contributed by atoms with E-state index in [4.69, 9.17) is 14.2 Å². The van der Waals surface area contributed by atoms with E-state index in [1.165, 1.54) is 0 Å². The number of thioether (sulfide) groups is 1. The highest BCUT2D eigenvalue weighted by molar-refractivity contribution is 8.12. The van der Waals surface area contributed by atoms with Crippen molar-refractivity contribution in [3.8, 4) is 0 Å². The molecule has 4 nitrogen and oxygen atoms in total. The van der Waals surface area contributed by atoms with E-state index in [9.17, 15) is 4.79 Å². The van der Waals surface area contributed by atoms with E-state index in [2.05, 4.69) is 6.58 Å². The fraction of sp³-hybridized carbons (Fsp3) is 0.375. The van der Waals surface area contributed by atoms with E-state index in [1.807, 2.05) is 0 Å². The fourth-order valence-corrected chi connectivity index (χ4v) is 0.949. The third-order valence-electron chi connectivity index (χ3n) is 1.38. The first-order chi connectivity index (χ1) is 6.13. The number of allylic oxidation sites excluding steroid dienone is 1. The first-order valence-corrected chi connectivity index (χ1v) is 4.81. The van der Waals surface area contributed by atoms with Gasteiger partial charge in [0.1, 0.15) is 5.76 Å². The molecule has 0 spiro atoms. The zero-order valence-corrected chi connectivity index (χ0v) is 8.27. The molecule has 0 N–H and O–H groups in total. The van der Waals surface area contributed by atoms with Crippen LogP contribution in [0.1, 0.15) is 6.92 Å². The molecule has 13 heavy (non-hydrogen) atoms. The molecule has 0 amide bonds. The van der Waals surface area contributed by atoms with Crippen LogP contribution in [0, 0.1) is 0 Å². The molecule has 1 aliphatic heterocycles. The van der Waals surface area contributed by atoms with Gasteiger partial charge in [0.25, 0.3) is 5.95 Å². The van der Waals surface area contributed by atoms with Gasteiger partial charge in [-0.15, -0.1) is 0 Å². The number of carbonyl (C=O) groups excluding carboxylic acids is 1. The molecule has 0 bridgehead atoms. The Bertz CT molecular complexity index is 269. The van der Waals surface area contributed by atoms with Gasteiger partial charge in [-0.3, -0.25) is 0 Å². The Kier molecular flexibility index (Phi) is 3.25. The van der Waals surface area contributed by atoms with Crippen LogP contribution in [0.2, 0.25) is 0 Å². The van der Waals surface area contributed by atoms with Crippen LogP contribution < -0.4 is 0 Å². The van der Waals surface area contributed by atoms with E-state index >= 15 is 0 Å². The largest absolute Gasteiger partial charge is 0.449 e. The SMILES string of the molecule is C=C1OC(C)=C(COC(=O)SC)O1. The van der Waals surface area contributed by atoms with Gasteiger partial charge >= 0.3 is 5.30 Å². The van der Waals surface area contributed by atoms with Crippen LogP contribution in [0.25, 0.3) is 0 Å². The van der Waals surface area contributed by atoms with Crippen LogP contribution >= 0.6 is 11.8 Å². The highest BCUT2D eigenvalue weighted by Gasteiger charge is 2.18. The van der Waals surface area contributed by atoms with Crippen LogP contribution in [0.15, 0.2) is 24.0 Å². The lowest BCUT2D eigenvalue weighted by Gasteiger charge is -2.01. The Hall–Kier alpha value is -1.10. The summed E-state index contributed by atoms with van der Waals surface area (Å²) in [4.78, 5) is 10.8. The number of ether oxygens (including phenoxy) is 3. The predicted octanol–water partition coefficient (Wildman–Crippen LogP) is 2.24. The number of hydrogen-bond donors (Lipinski definition) is 0. The topological polar surface area (TPSA) is 44.8 Å². The van der Waals surface area contributed by atoms with Gasteiger partial charge in [0.05, 0.1) is 0 Å². The lowest BCUT2D eigenvalue weighted by Crippen LogP contribution is -2.02. The van der Waals surface area contributed by atoms with Gasteiger partial charge in [-0.2, -0.15) is 0 Å². The van der Waals surface area contributed by atoms with Crippen LogP contribution in [-0.2, 0) is 14.2 Å². The maximum atomic E-state index is 10.8. The van der Waals surface area contributed by atoms with Crippen molar-refractivity contribution in [1.82, 2.24) is 0 Å². The summed E-state index contributed by atoms with van der Waals surface area (Å²) >= 11 is 1.01. The summed E-state index contributed by atoms with van der Waals surface area (Å²) in [5, 5.41) is -0.346. The monoisotopic (exact) mass is 202 g/mol. The molecule has 0 radical (unpaired) electrons. The van der Waals surface area contributed by atoms with Crippen LogP contribution in [0.4, 0.5) is 4.79 Å². The van der Waals surface area contributed by atoms with Gasteiger partial charge < -0.3 is 14.2 Å². The molecule has 0 unspecified atom stereocenters. The normalized spacial score (nSPS) is 15.4. The average Bonchev–Trinajstić information content (AvgIpc) is 2.41. The summed E-state index contributed by atoms with van der Waals surface area (Å²) in [5.41, 5.74) is 0. The highest BCUT2D eigenvalue weighted by atomic mass is 32.2. The Morgan fingerprint density at radius 1 is 1.62 bits per heavy atom. The van der Waals surface area contributed by atoms with Crippen molar-refractivity contribution < 1.29 is 19.0 Å². The smallest absolute Gasteiger partial charge is 0.367 e. The number of rotatable bonds is 2. The average molecular weight is 202 g/mol. The summed E-state index contributed by atoms with van der Waals surface area (Å²) < 4.78 is 14.9. The van der Waals surface area contributed by atoms with Gasteiger partial charge in [-0.25, -0.2) is 4.79 Å². The molecule has 0 atom stereocenters. The third-order valence-corrected chi connectivity index (χ3v) is 1.84. The molecule has 0 aromatic heterocycles. The van der Waals surface area contributed by atoms with E-state index in [-0.39, 0.29) is 17.9 Å². The number of hydrogen-bond acceptors (Lipinski definition) is 5. The molecule has 0 aliphatic carbocycles. The van der Waals surface area contributed by atoms with Crippen molar-refractivity contribution in [2.45, 2.75) is 6.92 Å². The lowest BCUT2D eigenvalue weighted by molar-refractivity contribution is 0.143. The summed E-state index contributed by atoms with van der Waals surface area (Å²) in [7, 11) is 0. The maximum absolute atomic E-state index is 10.8. The second-order valence-corrected chi connectivity index (χ2v) is 3.04. The molecule has 5 heteroatoms. The molecule has 0 fully saturated rings. The third kappa shape index (κ3) is 2.69. The predicted molar refractivity (Wildman–Crippen MR) is 48.9 cm³/mol. The van der Waals surface area contributed by atoms with Crippen LogP contribution in [-0.4, -0.2) is 18.2 Å². The summed E-state index contributed by atoms with van der Waals surface area (Å²) in [6, 6.07) is 0. The highest BCUT2D eigenvalue weighted by Crippen LogP contribution is 2.23. The summed E-state index contributed by atoms with van der Waals surface area (Å²) in [6.07, 6.45) is 1.65. The molecule has 72 valence electrons. The molecular formula is C8H10O4S. The molecule has 1 heterocycles. The van der Waals surface area contributed by atoms with E-state index in [1.54, 1.807) is 13.2 Å². The van der Waals surface area contributed by atoms with Gasteiger partial charge in [0, 0.05) is 0 Å². The quantitative estimate of drug-likeness (QED) is 0.642. The van der Waals surface area contributed by atoms with Crippen molar-refractivity contribution in [2.75, 3.05) is 12.9 Å². The van der Waals surface area contributed by atoms with Gasteiger partial charge in [0.15, 0.2) is 12.4 Å². The van der Waals surface area contributed by atoms with Crippen molar-refractivity contribution in [1.29, 1.82) is 0 Å². The molecule has 0 saturated heterocycles. The Morgan fingerprint density at radius 3 is 2.77 bits per heavy atom. The minimum absolute atomic E-state index is 0.0878. The lowest BCUT2D eigenvalue weighted by atomic mass is 10.4. The summed E-state index contributed by atoms with van der Waals surface area (Å²) in [5.74, 6) is 1.29. The maximum Gasteiger partial charge on any atom is 0.367 e. The molecule has 0 saturated carbocycles. The van der Waals surface area contributed by atoms with E-state index in [0.717, 1.165) is 11.8 Å². The fourth-order valence-electron chi connectivity index (χ4n) is 0.772. The second kappa shape index (κ2) is 4.23. The van der Waals surface area contributed by atoms with Crippen molar-refractivity contribution in [3.63, 3.8) is 0 Å². The second-order valence-electron chi connectivity index (χ2n) is 2.30. The minimum atomic E-state index is -0.346. The first-order valence-electron chi connectivity index (χ1n) is 3.58. The first kappa shape index (κ1) is 9.98. The Morgan fingerprint density at radius 2 is 2.31 bits per heavy atom. The van der Waals surface area contributed by atoms with E-state index < -0.39 is 0 Å². The minimum Gasteiger partial charge on any atom is -0.449 e. The number of carbonyl (C=O) groups is 1. The molecular weight excluding hydrogens is 192 g/mol. The van der Waals surface area contributed by atoms with Crippen LogP contribution in [0.5, 0.6) is 0 Å². The van der Waals surface area contributed by atoms with Gasteiger partial charge in [-0.1, -0.05) is 0 Å². The van der Waals surface area contributed by atoms with Crippen molar-refractivity contribution >= 4 is 17.1 Å². The van der Waals surface area contributed by atoms with Crippen molar-refractivity contribution in [3.05, 3.63) is 24.0 Å². The van der Waals surface area contributed by atoms with Gasteiger partial charge in [0.2, 0.25) is 0 Å². The van der Waals surface area contributed by atoms with E-state index in [0.29, 0.717) is 11.5 Å². The molecule has 0 aromatic carbocycles. The van der Waals surface area contributed by atoms with Gasteiger partial charge in [-0.05, 0) is 31.5 Å². The Balaban J connectivity index is 2.41. The Labute approximate surface area is 80.5 Å². The van der Waals surface area contributed by atoms with Crippen LogP contribution in [0.3, 0.4) is 0 Å². The zero-order valence-electron chi connectivity index (χ0n) is 7.46. The standard InChI is InChI=1S/C8H10O4S/c1-5-7(12-6(2)11-5)4-10-8(9)13-3/h2,4H2,1,3H3.